The van der Waals surface area contributed by atoms with Crippen LogP contribution in [0.1, 0.15) is 31.0 Å². The summed E-state index contributed by atoms with van der Waals surface area (Å²) >= 11 is 1.52. The van der Waals surface area contributed by atoms with Crippen LogP contribution >= 0.6 is 11.3 Å². The second-order valence-corrected chi connectivity index (χ2v) is 7.78. The predicted octanol–water partition coefficient (Wildman–Crippen LogP) is 2.59. The number of hydrogen-bond acceptors (Lipinski definition) is 9. The van der Waals surface area contributed by atoms with Crippen LogP contribution in [0, 0.1) is 12.3 Å². The molecule has 0 saturated carbocycles. The topological polar surface area (TPSA) is 119 Å². The minimum Gasteiger partial charge on any atom is -0.358 e. The number of rotatable bonds is 11. The molecule has 0 bridgehead atoms. The van der Waals surface area contributed by atoms with Crippen LogP contribution in [0.15, 0.2) is 18.3 Å². The molecule has 0 aromatic carbocycles. The summed E-state index contributed by atoms with van der Waals surface area (Å²) in [5.74, 6) is 2.03. The zero-order valence-electron chi connectivity index (χ0n) is 18.1. The Bertz CT molecular complexity index is 895. The van der Waals surface area contributed by atoms with Gasteiger partial charge in [0.15, 0.2) is 5.13 Å². The predicted molar refractivity (Wildman–Crippen MR) is 124 cm³/mol. The number of aromatic nitrogens is 3. The molecule has 30 heavy (non-hydrogen) atoms. The van der Waals surface area contributed by atoms with Gasteiger partial charge in [-0.15, -0.1) is 0 Å². The molecule has 0 aliphatic carbocycles. The van der Waals surface area contributed by atoms with E-state index in [-0.39, 0.29) is 11.9 Å². The van der Waals surface area contributed by atoms with Crippen molar-refractivity contribution in [2.24, 2.45) is 0 Å². The monoisotopic (exact) mass is 430 g/mol. The number of amides is 1. The van der Waals surface area contributed by atoms with E-state index in [0.29, 0.717) is 24.7 Å². The van der Waals surface area contributed by atoms with Crippen molar-refractivity contribution in [2.45, 2.75) is 33.2 Å². The molecule has 9 nitrogen and oxygen atoms in total. The Morgan fingerprint density at radius 1 is 1.40 bits per heavy atom. The molecule has 1 amide bonds. The molecule has 2 rings (SSSR count). The fraction of sp³-hybridized carbons (Fsp3) is 0.450. The number of aryl methyl sites for hydroxylation is 1. The van der Waals surface area contributed by atoms with E-state index in [0.717, 1.165) is 27.8 Å². The van der Waals surface area contributed by atoms with Gasteiger partial charge in [0.05, 0.1) is 10.9 Å². The maximum absolute atomic E-state index is 11.9. The minimum absolute atomic E-state index is 0.0322. The van der Waals surface area contributed by atoms with Gasteiger partial charge in [-0.3, -0.25) is 4.79 Å². The summed E-state index contributed by atoms with van der Waals surface area (Å²) in [6.45, 7) is 6.85. The molecule has 0 spiro atoms. The Morgan fingerprint density at radius 3 is 2.83 bits per heavy atom. The van der Waals surface area contributed by atoms with Crippen LogP contribution in [0.4, 0.5) is 16.8 Å². The molecular formula is C20H30N8OS. The Hall–Kier alpha value is -2.85. The summed E-state index contributed by atoms with van der Waals surface area (Å²) < 4.78 is 0. The van der Waals surface area contributed by atoms with E-state index in [2.05, 4.69) is 37.8 Å². The zero-order chi connectivity index (χ0) is 22.1. The first-order valence-corrected chi connectivity index (χ1v) is 10.6. The Kier molecular flexibility index (Phi) is 8.88. The van der Waals surface area contributed by atoms with E-state index in [4.69, 9.17) is 5.41 Å². The van der Waals surface area contributed by atoms with Gasteiger partial charge in [0.25, 0.3) is 0 Å². The van der Waals surface area contributed by atoms with E-state index >= 15 is 0 Å². The molecule has 0 radical (unpaired) electrons. The molecule has 1 atom stereocenters. The number of carbonyl (C=O) groups excluding carboxylic acids is 1. The molecule has 2 aromatic heterocycles. The SMILES string of the molecule is CC/C(=C\C=N)c1cnc(Nc2cc(N(C)CCNC(=O)C(C)NC)nc(C)n2)s1. The number of carbonyl (C=O) groups is 1. The number of nitrogens with zero attached hydrogens (tertiary/aromatic N) is 4. The van der Waals surface area contributed by atoms with Gasteiger partial charge < -0.3 is 26.3 Å². The van der Waals surface area contributed by atoms with Gasteiger partial charge in [-0.25, -0.2) is 15.0 Å². The molecule has 162 valence electrons. The second-order valence-electron chi connectivity index (χ2n) is 6.75. The van der Waals surface area contributed by atoms with Crippen LogP contribution in [0.3, 0.4) is 0 Å². The van der Waals surface area contributed by atoms with Crippen molar-refractivity contribution >= 4 is 45.8 Å². The average molecular weight is 431 g/mol. The smallest absolute Gasteiger partial charge is 0.236 e. The normalized spacial score (nSPS) is 12.4. The van der Waals surface area contributed by atoms with Gasteiger partial charge in [-0.2, -0.15) is 0 Å². The van der Waals surface area contributed by atoms with Crippen molar-refractivity contribution in [1.29, 1.82) is 5.41 Å². The standard InChI is InChI=1S/C20H30N8OS/c1-6-15(7-8-21)16-12-24-20(30-16)27-17-11-18(26-14(3)25-17)28(5)10-9-23-19(29)13(2)22-4/h7-8,11-13,21-22H,6,9-10H2,1-5H3,(H,23,29)(H,24,25,26,27)/b15-7+,21-8?. The summed E-state index contributed by atoms with van der Waals surface area (Å²) in [5.41, 5.74) is 1.07. The number of thiazole rings is 1. The lowest BCUT2D eigenvalue weighted by Gasteiger charge is -2.20. The number of likely N-dealkylation sites (N-methyl/N-ethyl adjacent to an activating group) is 2. The first kappa shape index (κ1) is 23.4. The largest absolute Gasteiger partial charge is 0.358 e. The fourth-order valence-corrected chi connectivity index (χ4v) is 3.54. The first-order valence-electron chi connectivity index (χ1n) is 9.82. The molecular weight excluding hydrogens is 400 g/mol. The molecule has 2 aromatic rings. The average Bonchev–Trinajstić information content (AvgIpc) is 3.18. The van der Waals surface area contributed by atoms with Crippen molar-refractivity contribution < 1.29 is 4.79 Å². The molecule has 0 fully saturated rings. The van der Waals surface area contributed by atoms with Crippen molar-refractivity contribution in [2.75, 3.05) is 37.4 Å². The number of allylic oxidation sites excluding steroid dienone is 2. The second kappa shape index (κ2) is 11.4. The third-order valence-electron chi connectivity index (χ3n) is 4.51. The highest BCUT2D eigenvalue weighted by Crippen LogP contribution is 2.29. The highest BCUT2D eigenvalue weighted by atomic mass is 32.1. The highest BCUT2D eigenvalue weighted by Gasteiger charge is 2.12. The van der Waals surface area contributed by atoms with Crippen molar-refractivity contribution in [3.05, 3.63) is 29.0 Å². The van der Waals surface area contributed by atoms with Crippen LogP contribution < -0.4 is 20.9 Å². The van der Waals surface area contributed by atoms with E-state index in [1.165, 1.54) is 17.6 Å². The van der Waals surface area contributed by atoms with Gasteiger partial charge >= 0.3 is 0 Å². The number of hydrogen-bond donors (Lipinski definition) is 4. The van der Waals surface area contributed by atoms with Crippen molar-refractivity contribution in [1.82, 2.24) is 25.6 Å². The highest BCUT2D eigenvalue weighted by molar-refractivity contribution is 7.16. The van der Waals surface area contributed by atoms with E-state index in [1.54, 1.807) is 13.1 Å². The molecule has 0 saturated heterocycles. The maximum Gasteiger partial charge on any atom is 0.236 e. The Balaban J connectivity index is 2.04. The molecule has 0 aliphatic heterocycles. The van der Waals surface area contributed by atoms with Crippen molar-refractivity contribution in [3.8, 4) is 0 Å². The van der Waals surface area contributed by atoms with Crippen LogP contribution in [-0.4, -0.2) is 60.3 Å². The maximum atomic E-state index is 11.9. The lowest BCUT2D eigenvalue weighted by atomic mass is 10.2. The molecule has 2 heterocycles. The Morgan fingerprint density at radius 2 is 2.17 bits per heavy atom. The van der Waals surface area contributed by atoms with Crippen LogP contribution in [0.5, 0.6) is 0 Å². The lowest BCUT2D eigenvalue weighted by Crippen LogP contribution is -2.43. The van der Waals surface area contributed by atoms with E-state index in [9.17, 15) is 4.79 Å². The minimum atomic E-state index is -0.224. The van der Waals surface area contributed by atoms with Gasteiger partial charge in [0.2, 0.25) is 5.91 Å². The quantitative estimate of drug-likeness (QED) is 0.405. The zero-order valence-corrected chi connectivity index (χ0v) is 18.9. The molecule has 0 aliphatic rings. The van der Waals surface area contributed by atoms with Gasteiger partial charge in [-0.1, -0.05) is 18.3 Å². The van der Waals surface area contributed by atoms with Crippen LogP contribution in [0.25, 0.3) is 5.57 Å². The molecule has 10 heteroatoms. The van der Waals surface area contributed by atoms with Gasteiger partial charge in [0.1, 0.15) is 17.5 Å². The van der Waals surface area contributed by atoms with E-state index < -0.39 is 0 Å². The third kappa shape index (κ3) is 6.60. The van der Waals surface area contributed by atoms with Crippen LogP contribution in [-0.2, 0) is 4.79 Å². The summed E-state index contributed by atoms with van der Waals surface area (Å²) in [7, 11) is 3.68. The van der Waals surface area contributed by atoms with E-state index in [1.807, 2.05) is 38.1 Å². The number of nitrogens with one attached hydrogen (secondary N) is 4. The molecule has 1 unspecified atom stereocenters. The molecule has 4 N–H and O–H groups in total. The number of anilines is 3. The lowest BCUT2D eigenvalue weighted by molar-refractivity contribution is -0.122. The first-order chi connectivity index (χ1) is 14.4. The summed E-state index contributed by atoms with van der Waals surface area (Å²) in [6.07, 6.45) is 5.72. The summed E-state index contributed by atoms with van der Waals surface area (Å²) in [4.78, 5) is 28.2. The summed E-state index contributed by atoms with van der Waals surface area (Å²) in [6, 6.07) is 1.64. The Labute approximate surface area is 181 Å². The van der Waals surface area contributed by atoms with Crippen LogP contribution in [0.2, 0.25) is 0 Å². The fourth-order valence-electron chi connectivity index (χ4n) is 2.62. The third-order valence-corrected chi connectivity index (χ3v) is 5.50. The van der Waals surface area contributed by atoms with Gasteiger partial charge in [0, 0.05) is 38.6 Å². The summed E-state index contributed by atoms with van der Waals surface area (Å²) in [5, 5.41) is 17.1. The van der Waals surface area contributed by atoms with Gasteiger partial charge in [-0.05, 0) is 39.0 Å². The van der Waals surface area contributed by atoms with Crippen molar-refractivity contribution in [3.63, 3.8) is 0 Å².